The van der Waals surface area contributed by atoms with Gasteiger partial charge in [0.1, 0.15) is 0 Å². The third-order valence-electron chi connectivity index (χ3n) is 2.51. The fourth-order valence-electron chi connectivity index (χ4n) is 1.52. The molecule has 0 spiro atoms. The monoisotopic (exact) mass is 247 g/mol. The minimum absolute atomic E-state index is 0.166. The molecule has 18 heavy (non-hydrogen) atoms. The number of aromatic hydroxyl groups is 4. The van der Waals surface area contributed by atoms with Gasteiger partial charge in [-0.3, -0.25) is 0 Å². The molecule has 0 atom stereocenters. The molecule has 2 rings (SSSR count). The number of anilines is 1. The van der Waals surface area contributed by atoms with Crippen LogP contribution < -0.4 is 5.32 Å². The van der Waals surface area contributed by atoms with Crippen molar-refractivity contribution in [3.8, 4) is 23.0 Å². The SMILES string of the molecule is Oc1ccc(CNc2ccc(O)c(O)c2)cc1O. The summed E-state index contributed by atoms with van der Waals surface area (Å²) in [5.74, 6) is -0.722. The van der Waals surface area contributed by atoms with Crippen molar-refractivity contribution in [1.82, 2.24) is 0 Å². The van der Waals surface area contributed by atoms with Crippen molar-refractivity contribution in [2.24, 2.45) is 0 Å². The quantitative estimate of drug-likeness (QED) is 0.423. The van der Waals surface area contributed by atoms with Crippen LogP contribution in [0.2, 0.25) is 0 Å². The van der Waals surface area contributed by atoms with E-state index in [0.717, 1.165) is 5.56 Å². The zero-order valence-corrected chi connectivity index (χ0v) is 9.46. The Bertz CT molecular complexity index is 517. The number of hydrogen-bond acceptors (Lipinski definition) is 5. The molecule has 0 heterocycles. The average Bonchev–Trinajstić information content (AvgIpc) is 2.35. The molecule has 2 aromatic carbocycles. The highest BCUT2D eigenvalue weighted by atomic mass is 16.3. The van der Waals surface area contributed by atoms with E-state index in [1.54, 1.807) is 12.1 Å². The van der Waals surface area contributed by atoms with Gasteiger partial charge in [0.2, 0.25) is 0 Å². The summed E-state index contributed by atoms with van der Waals surface area (Å²) in [5.41, 5.74) is 1.41. The molecule has 0 amide bonds. The maximum Gasteiger partial charge on any atom is 0.159 e. The Balaban J connectivity index is 2.06. The molecule has 0 aliphatic rings. The summed E-state index contributed by atoms with van der Waals surface area (Å²) >= 11 is 0. The van der Waals surface area contributed by atoms with Gasteiger partial charge in [0, 0.05) is 18.3 Å². The van der Waals surface area contributed by atoms with Crippen molar-refractivity contribution in [3.05, 3.63) is 42.0 Å². The van der Waals surface area contributed by atoms with E-state index in [1.807, 2.05) is 0 Å². The van der Waals surface area contributed by atoms with Gasteiger partial charge in [-0.25, -0.2) is 0 Å². The van der Waals surface area contributed by atoms with Gasteiger partial charge < -0.3 is 25.7 Å². The molecular formula is C13H13NO4. The third-order valence-corrected chi connectivity index (χ3v) is 2.51. The maximum atomic E-state index is 9.33. The van der Waals surface area contributed by atoms with Crippen molar-refractivity contribution >= 4 is 5.69 Å². The zero-order chi connectivity index (χ0) is 13.1. The number of benzene rings is 2. The molecule has 0 radical (unpaired) electrons. The van der Waals surface area contributed by atoms with Gasteiger partial charge in [-0.05, 0) is 29.8 Å². The van der Waals surface area contributed by atoms with Crippen molar-refractivity contribution in [2.75, 3.05) is 5.32 Å². The van der Waals surface area contributed by atoms with Crippen molar-refractivity contribution in [3.63, 3.8) is 0 Å². The molecule has 0 aliphatic carbocycles. The number of hydrogen-bond donors (Lipinski definition) is 5. The van der Waals surface area contributed by atoms with Gasteiger partial charge in [-0.2, -0.15) is 0 Å². The summed E-state index contributed by atoms with van der Waals surface area (Å²) in [5, 5.41) is 40.0. The summed E-state index contributed by atoms with van der Waals surface area (Å²) in [6, 6.07) is 8.92. The number of rotatable bonds is 3. The van der Waals surface area contributed by atoms with Crippen LogP contribution in [-0.4, -0.2) is 20.4 Å². The molecule has 0 bridgehead atoms. The zero-order valence-electron chi connectivity index (χ0n) is 9.46. The predicted octanol–water partition coefficient (Wildman–Crippen LogP) is 2.12. The van der Waals surface area contributed by atoms with E-state index in [-0.39, 0.29) is 23.0 Å². The lowest BCUT2D eigenvalue weighted by Crippen LogP contribution is -1.98. The van der Waals surface area contributed by atoms with E-state index in [1.165, 1.54) is 24.3 Å². The normalized spacial score (nSPS) is 10.2. The van der Waals surface area contributed by atoms with E-state index in [0.29, 0.717) is 12.2 Å². The van der Waals surface area contributed by atoms with E-state index in [2.05, 4.69) is 5.32 Å². The summed E-state index contributed by atoms with van der Waals surface area (Å²) in [6.45, 7) is 0.415. The number of nitrogens with one attached hydrogen (secondary N) is 1. The number of phenolic OH excluding ortho intramolecular Hbond substituents is 4. The topological polar surface area (TPSA) is 93.0 Å². The smallest absolute Gasteiger partial charge is 0.159 e. The fourth-order valence-corrected chi connectivity index (χ4v) is 1.52. The van der Waals surface area contributed by atoms with E-state index >= 15 is 0 Å². The highest BCUT2D eigenvalue weighted by Gasteiger charge is 2.02. The Morgan fingerprint density at radius 1 is 0.722 bits per heavy atom. The van der Waals surface area contributed by atoms with Gasteiger partial charge in [0.05, 0.1) is 0 Å². The van der Waals surface area contributed by atoms with Gasteiger partial charge >= 0.3 is 0 Å². The second-order valence-electron chi connectivity index (χ2n) is 3.88. The molecule has 5 N–H and O–H groups in total. The summed E-state index contributed by atoms with van der Waals surface area (Å²) in [4.78, 5) is 0. The molecule has 94 valence electrons. The Labute approximate surface area is 104 Å². The van der Waals surface area contributed by atoms with E-state index in [9.17, 15) is 10.2 Å². The maximum absolute atomic E-state index is 9.33. The lowest BCUT2D eigenvalue weighted by Gasteiger charge is -2.08. The Kier molecular flexibility index (Phi) is 3.14. The summed E-state index contributed by atoms with van der Waals surface area (Å²) in [6.07, 6.45) is 0. The van der Waals surface area contributed by atoms with Gasteiger partial charge in [0.25, 0.3) is 0 Å². The first-order chi connectivity index (χ1) is 8.56. The molecular weight excluding hydrogens is 234 g/mol. The van der Waals surface area contributed by atoms with Crippen molar-refractivity contribution in [2.45, 2.75) is 6.54 Å². The molecule has 0 aliphatic heterocycles. The molecule has 0 fully saturated rings. The molecule has 0 saturated carbocycles. The first kappa shape index (κ1) is 11.9. The predicted molar refractivity (Wildman–Crippen MR) is 66.9 cm³/mol. The van der Waals surface area contributed by atoms with E-state index < -0.39 is 0 Å². The van der Waals surface area contributed by atoms with Crippen LogP contribution in [-0.2, 0) is 6.54 Å². The molecule has 0 aromatic heterocycles. The largest absolute Gasteiger partial charge is 0.504 e. The first-order valence-electron chi connectivity index (χ1n) is 5.33. The molecule has 0 unspecified atom stereocenters. The average molecular weight is 247 g/mol. The van der Waals surface area contributed by atoms with Gasteiger partial charge in [-0.15, -0.1) is 0 Å². The first-order valence-corrected chi connectivity index (χ1v) is 5.33. The van der Waals surface area contributed by atoms with Crippen LogP contribution in [0.3, 0.4) is 0 Å². The highest BCUT2D eigenvalue weighted by Crippen LogP contribution is 2.28. The van der Waals surface area contributed by atoms with Crippen LogP contribution in [0.25, 0.3) is 0 Å². The van der Waals surface area contributed by atoms with Crippen LogP contribution in [0.4, 0.5) is 5.69 Å². The van der Waals surface area contributed by atoms with Crippen LogP contribution >= 0.6 is 0 Å². The van der Waals surface area contributed by atoms with E-state index in [4.69, 9.17) is 10.2 Å². The Morgan fingerprint density at radius 2 is 1.33 bits per heavy atom. The van der Waals surface area contributed by atoms with Crippen molar-refractivity contribution in [1.29, 1.82) is 0 Å². The van der Waals surface area contributed by atoms with Crippen LogP contribution in [0, 0.1) is 0 Å². The Morgan fingerprint density at radius 3 is 1.94 bits per heavy atom. The third kappa shape index (κ3) is 2.57. The van der Waals surface area contributed by atoms with Crippen LogP contribution in [0.15, 0.2) is 36.4 Å². The lowest BCUT2D eigenvalue weighted by atomic mass is 10.2. The lowest BCUT2D eigenvalue weighted by molar-refractivity contribution is 0.403. The van der Waals surface area contributed by atoms with Gasteiger partial charge in [0.15, 0.2) is 23.0 Å². The minimum atomic E-state index is -0.200. The molecule has 5 nitrogen and oxygen atoms in total. The minimum Gasteiger partial charge on any atom is -0.504 e. The van der Waals surface area contributed by atoms with Crippen LogP contribution in [0.5, 0.6) is 23.0 Å². The Hall–Kier alpha value is -2.56. The summed E-state index contributed by atoms with van der Waals surface area (Å²) in [7, 11) is 0. The number of phenols is 4. The van der Waals surface area contributed by atoms with Gasteiger partial charge in [-0.1, -0.05) is 6.07 Å². The summed E-state index contributed by atoms with van der Waals surface area (Å²) < 4.78 is 0. The highest BCUT2D eigenvalue weighted by molar-refractivity contribution is 5.54. The second kappa shape index (κ2) is 4.75. The molecule has 5 heteroatoms. The fraction of sp³-hybridized carbons (Fsp3) is 0.0769. The second-order valence-corrected chi connectivity index (χ2v) is 3.88. The molecule has 0 saturated heterocycles. The van der Waals surface area contributed by atoms with Crippen molar-refractivity contribution < 1.29 is 20.4 Å². The standard InChI is InChI=1S/C13H13NO4/c15-10-3-1-8(5-12(10)17)7-14-9-2-4-11(16)13(18)6-9/h1-6,14-18H,7H2. The molecule has 2 aromatic rings. The van der Waals surface area contributed by atoms with Crippen LogP contribution in [0.1, 0.15) is 5.56 Å².